The van der Waals surface area contributed by atoms with Gasteiger partial charge in [-0.15, -0.1) is 0 Å². The summed E-state index contributed by atoms with van der Waals surface area (Å²) in [6.07, 6.45) is 5.01. The van der Waals surface area contributed by atoms with Crippen LogP contribution in [0.15, 0.2) is 24.3 Å². The van der Waals surface area contributed by atoms with Gasteiger partial charge < -0.3 is 0 Å². The van der Waals surface area contributed by atoms with E-state index in [4.69, 9.17) is 10.5 Å². The molecule has 0 spiro atoms. The summed E-state index contributed by atoms with van der Waals surface area (Å²) in [6, 6.07) is 2.47. The molecule has 58 valence electrons. The monoisotopic (exact) mass is 160 g/mol. The molecule has 0 aromatic rings. The lowest BCUT2D eigenvalue weighted by atomic mass is 10.2. The first-order chi connectivity index (χ1) is 5.70. The van der Waals surface area contributed by atoms with Crippen LogP contribution in [0, 0.1) is 22.7 Å². The molecule has 0 aliphatic heterocycles. The average Bonchev–Trinajstić information content (AvgIpc) is 2.11. The summed E-state index contributed by atoms with van der Waals surface area (Å²) in [5, 5.41) is 14.5. The Morgan fingerprint density at radius 2 is 1.08 bits per heavy atom. The van der Waals surface area contributed by atoms with Gasteiger partial charge >= 0.3 is 0 Å². The number of hydrogen-bond donors (Lipinski definition) is 0. The molecule has 0 aromatic carbocycles. The number of nitriles is 2. The minimum Gasteiger partial charge on any atom is -0.290 e. The molecule has 1 aliphatic rings. The molecule has 0 heterocycles. The molecule has 1 aliphatic carbocycles. The largest absolute Gasteiger partial charge is 0.290 e. The highest BCUT2D eigenvalue weighted by Crippen LogP contribution is 1.90. The standard InChI is InChI=1S/C6H4O2.C2N2/c7-5-1-2-6(8)4-3-5;3-1-2-4/h1-4H;. The molecule has 0 bridgehead atoms. The van der Waals surface area contributed by atoms with Gasteiger partial charge in [0, 0.05) is 0 Å². The van der Waals surface area contributed by atoms with Gasteiger partial charge in [-0.2, -0.15) is 10.5 Å². The molecule has 0 aromatic heterocycles. The van der Waals surface area contributed by atoms with E-state index in [1.807, 2.05) is 0 Å². The van der Waals surface area contributed by atoms with Gasteiger partial charge in [0.1, 0.15) is 0 Å². The highest BCUT2D eigenvalue weighted by Gasteiger charge is 1.97. The fourth-order valence-corrected chi connectivity index (χ4v) is 0.440. The van der Waals surface area contributed by atoms with Gasteiger partial charge in [-0.3, -0.25) is 9.59 Å². The zero-order valence-corrected chi connectivity index (χ0v) is 6.02. The van der Waals surface area contributed by atoms with Gasteiger partial charge in [-0.05, 0) is 24.3 Å². The minimum atomic E-state index is -0.121. The summed E-state index contributed by atoms with van der Waals surface area (Å²) in [7, 11) is 0. The summed E-state index contributed by atoms with van der Waals surface area (Å²) in [4.78, 5) is 20.6. The molecular weight excluding hydrogens is 156 g/mol. The topological polar surface area (TPSA) is 81.7 Å². The highest BCUT2D eigenvalue weighted by atomic mass is 16.1. The molecule has 1 rings (SSSR count). The van der Waals surface area contributed by atoms with E-state index < -0.39 is 0 Å². The molecule has 12 heavy (non-hydrogen) atoms. The maximum absolute atomic E-state index is 10.3. The summed E-state index contributed by atoms with van der Waals surface area (Å²) in [6.45, 7) is 0. The second-order valence-electron chi connectivity index (χ2n) is 1.70. The van der Waals surface area contributed by atoms with Crippen molar-refractivity contribution in [2.24, 2.45) is 0 Å². The Morgan fingerprint density at radius 3 is 1.25 bits per heavy atom. The second-order valence-corrected chi connectivity index (χ2v) is 1.70. The first-order valence-corrected chi connectivity index (χ1v) is 2.93. The number of hydrogen-bond acceptors (Lipinski definition) is 4. The Bertz CT molecular complexity index is 276. The van der Waals surface area contributed by atoms with Crippen molar-refractivity contribution in [3.05, 3.63) is 24.3 Å². The lowest BCUT2D eigenvalue weighted by Gasteiger charge is -1.87. The third kappa shape index (κ3) is 4.66. The van der Waals surface area contributed by atoms with Gasteiger partial charge in [-0.25, -0.2) is 0 Å². The number of allylic oxidation sites excluding steroid dienone is 4. The van der Waals surface area contributed by atoms with Crippen LogP contribution in [0.25, 0.3) is 0 Å². The summed E-state index contributed by atoms with van der Waals surface area (Å²) >= 11 is 0. The maximum atomic E-state index is 10.3. The normalized spacial score (nSPS) is 12.5. The summed E-state index contributed by atoms with van der Waals surface area (Å²) in [5.74, 6) is -0.241. The van der Waals surface area contributed by atoms with Crippen molar-refractivity contribution in [1.29, 1.82) is 10.5 Å². The Kier molecular flexibility index (Phi) is 4.55. The summed E-state index contributed by atoms with van der Waals surface area (Å²) < 4.78 is 0. The lowest BCUT2D eigenvalue weighted by molar-refractivity contribution is -0.113. The molecule has 0 unspecified atom stereocenters. The van der Waals surface area contributed by atoms with Gasteiger partial charge in [0.25, 0.3) is 0 Å². The first-order valence-electron chi connectivity index (χ1n) is 2.93. The van der Waals surface area contributed by atoms with Crippen LogP contribution in [0.5, 0.6) is 0 Å². The molecule has 0 N–H and O–H groups in total. The van der Waals surface area contributed by atoms with Crippen molar-refractivity contribution in [3.8, 4) is 12.1 Å². The van der Waals surface area contributed by atoms with E-state index in [-0.39, 0.29) is 11.6 Å². The molecule has 4 heteroatoms. The fraction of sp³-hybridized carbons (Fsp3) is 0. The van der Waals surface area contributed by atoms with Crippen molar-refractivity contribution in [1.82, 2.24) is 0 Å². The second kappa shape index (κ2) is 5.57. The lowest BCUT2D eigenvalue weighted by Crippen LogP contribution is -1.97. The smallest absolute Gasteiger partial charge is 0.181 e. The fourth-order valence-electron chi connectivity index (χ4n) is 0.440. The van der Waals surface area contributed by atoms with Crippen molar-refractivity contribution in [3.63, 3.8) is 0 Å². The van der Waals surface area contributed by atoms with Crippen LogP contribution in [-0.4, -0.2) is 11.6 Å². The van der Waals surface area contributed by atoms with Gasteiger partial charge in [0.15, 0.2) is 23.7 Å². The molecule has 0 fully saturated rings. The van der Waals surface area contributed by atoms with E-state index in [9.17, 15) is 9.59 Å². The molecule has 0 amide bonds. The number of ketones is 2. The van der Waals surface area contributed by atoms with Crippen molar-refractivity contribution in [2.75, 3.05) is 0 Å². The molecule has 0 atom stereocenters. The van der Waals surface area contributed by atoms with Crippen molar-refractivity contribution in [2.45, 2.75) is 0 Å². The summed E-state index contributed by atoms with van der Waals surface area (Å²) in [5.41, 5.74) is 0. The Morgan fingerprint density at radius 1 is 0.833 bits per heavy atom. The van der Waals surface area contributed by atoms with Crippen LogP contribution in [0.3, 0.4) is 0 Å². The Balaban J connectivity index is 0.000000261. The van der Waals surface area contributed by atoms with E-state index >= 15 is 0 Å². The molecular formula is C8H4N2O2. The number of rotatable bonds is 0. The van der Waals surface area contributed by atoms with Gasteiger partial charge in [0.05, 0.1) is 0 Å². The van der Waals surface area contributed by atoms with E-state index in [1.54, 1.807) is 0 Å². The predicted octanol–water partition coefficient (Wildman–Crippen LogP) is 0.284. The van der Waals surface area contributed by atoms with Crippen LogP contribution in [0.1, 0.15) is 0 Å². The first kappa shape index (κ1) is 9.80. The third-order valence-corrected chi connectivity index (χ3v) is 0.874. The van der Waals surface area contributed by atoms with Crippen LogP contribution in [-0.2, 0) is 9.59 Å². The van der Waals surface area contributed by atoms with E-state index in [0.717, 1.165) is 0 Å². The SMILES string of the molecule is N#CC#N.O=C1C=CC(=O)C=C1. The van der Waals surface area contributed by atoms with E-state index in [1.165, 1.54) is 36.4 Å². The molecule has 0 saturated carbocycles. The van der Waals surface area contributed by atoms with Crippen molar-refractivity contribution >= 4 is 11.6 Å². The number of carbonyl (C=O) groups is 2. The highest BCUT2D eigenvalue weighted by molar-refractivity contribution is 6.14. The zero-order valence-electron chi connectivity index (χ0n) is 6.02. The Labute approximate surface area is 69.0 Å². The molecule has 4 nitrogen and oxygen atoms in total. The minimum absolute atomic E-state index is 0.121. The molecule has 0 radical (unpaired) electrons. The number of nitrogens with zero attached hydrogens (tertiary/aromatic N) is 2. The number of carbonyl (C=O) groups excluding carboxylic acids is 2. The third-order valence-electron chi connectivity index (χ3n) is 0.874. The van der Waals surface area contributed by atoms with E-state index in [0.29, 0.717) is 0 Å². The van der Waals surface area contributed by atoms with Crippen LogP contribution < -0.4 is 0 Å². The van der Waals surface area contributed by atoms with Crippen LogP contribution in [0.2, 0.25) is 0 Å². The Hall–Kier alpha value is -2.20. The van der Waals surface area contributed by atoms with Gasteiger partial charge in [-0.1, -0.05) is 0 Å². The van der Waals surface area contributed by atoms with E-state index in [2.05, 4.69) is 0 Å². The maximum Gasteiger partial charge on any atom is 0.181 e. The average molecular weight is 160 g/mol. The molecule has 0 saturated heterocycles. The predicted molar refractivity (Wildman–Crippen MR) is 39.5 cm³/mol. The van der Waals surface area contributed by atoms with Gasteiger partial charge in [0.2, 0.25) is 0 Å². The van der Waals surface area contributed by atoms with Crippen molar-refractivity contribution < 1.29 is 9.59 Å². The van der Waals surface area contributed by atoms with Crippen LogP contribution in [0.4, 0.5) is 0 Å². The quantitative estimate of drug-likeness (QED) is 0.476. The van der Waals surface area contributed by atoms with Crippen LogP contribution >= 0.6 is 0 Å². The zero-order chi connectivity index (χ0) is 9.40.